The molecule has 6 heteroatoms. The van der Waals surface area contributed by atoms with Crippen LogP contribution in [-0.2, 0) is 0 Å². The molecule has 0 N–H and O–H groups in total. The molecule has 0 spiro atoms. The molecule has 1 aliphatic heterocycles. The first-order valence-corrected chi connectivity index (χ1v) is 9.41. The van der Waals surface area contributed by atoms with E-state index in [1.165, 1.54) is 23.5 Å². The molecule has 0 unspecified atom stereocenters. The fourth-order valence-corrected chi connectivity index (χ4v) is 4.21. The zero-order chi connectivity index (χ0) is 17.1. The Labute approximate surface area is 157 Å². The molecule has 1 heterocycles. The van der Waals surface area contributed by atoms with Crippen molar-refractivity contribution < 1.29 is 9.59 Å². The van der Waals surface area contributed by atoms with Gasteiger partial charge in [0.05, 0.1) is 9.81 Å². The molecule has 120 valence electrons. The molecule has 2 aromatic rings. The van der Waals surface area contributed by atoms with Gasteiger partial charge in [-0.3, -0.25) is 9.59 Å². The number of carbonyl (C=O) groups is 2. The van der Waals surface area contributed by atoms with Gasteiger partial charge in [0.2, 0.25) is 0 Å². The predicted octanol–water partition coefficient (Wildman–Crippen LogP) is 6.22. The highest BCUT2D eigenvalue weighted by Crippen LogP contribution is 2.41. The van der Waals surface area contributed by atoms with Crippen LogP contribution >= 0.6 is 46.7 Å². The molecule has 1 aliphatic rings. The van der Waals surface area contributed by atoms with Gasteiger partial charge in [-0.1, -0.05) is 46.7 Å². The van der Waals surface area contributed by atoms with Gasteiger partial charge in [-0.15, -0.1) is 0 Å². The third-order valence-corrected chi connectivity index (χ3v) is 5.91. The molecule has 0 amide bonds. The van der Waals surface area contributed by atoms with E-state index >= 15 is 0 Å². The van der Waals surface area contributed by atoms with Crippen molar-refractivity contribution in [1.82, 2.24) is 0 Å². The Bertz CT molecular complexity index is 784. The topological polar surface area (TPSA) is 34.1 Å². The molecular weight excluding hydrogens is 383 g/mol. The minimum Gasteiger partial charge on any atom is -0.288 e. The lowest BCUT2D eigenvalue weighted by molar-refractivity contribution is 0.0962. The Balaban J connectivity index is 2.03. The largest absolute Gasteiger partial charge is 0.288 e. The predicted molar refractivity (Wildman–Crippen MR) is 103 cm³/mol. The number of thioether (sulfide) groups is 2. The molecule has 0 saturated carbocycles. The number of hydrogen-bond acceptors (Lipinski definition) is 4. The fourth-order valence-electron chi connectivity index (χ4n) is 2.10. The third kappa shape index (κ3) is 3.78. The number of hydrogen-bond donors (Lipinski definition) is 0. The maximum atomic E-state index is 12.9. The van der Waals surface area contributed by atoms with Gasteiger partial charge in [0.15, 0.2) is 11.6 Å². The van der Waals surface area contributed by atoms with E-state index in [-0.39, 0.29) is 17.1 Å². The van der Waals surface area contributed by atoms with Crippen LogP contribution in [0, 0.1) is 0 Å². The third-order valence-electron chi connectivity index (χ3n) is 3.28. The number of benzene rings is 2. The Hall–Kier alpha value is -1.46. The Morgan fingerprint density at radius 3 is 1.42 bits per heavy atom. The van der Waals surface area contributed by atoms with Crippen molar-refractivity contribution in [2.24, 2.45) is 0 Å². The zero-order valence-electron chi connectivity index (χ0n) is 12.2. The number of ketones is 2. The summed E-state index contributed by atoms with van der Waals surface area (Å²) >= 11 is 14.5. The highest BCUT2D eigenvalue weighted by Gasteiger charge is 2.26. The van der Waals surface area contributed by atoms with Crippen molar-refractivity contribution in [3.8, 4) is 0 Å². The smallest absolute Gasteiger partial charge is 0.198 e. The molecule has 0 atom stereocenters. The Kier molecular flexibility index (Phi) is 5.51. The van der Waals surface area contributed by atoms with Crippen molar-refractivity contribution in [3.63, 3.8) is 0 Å². The molecule has 0 radical (unpaired) electrons. The van der Waals surface area contributed by atoms with Gasteiger partial charge in [-0.25, -0.2) is 0 Å². The van der Waals surface area contributed by atoms with Crippen LogP contribution in [0.3, 0.4) is 0 Å². The lowest BCUT2D eigenvalue weighted by Crippen LogP contribution is -2.15. The van der Waals surface area contributed by atoms with Crippen LogP contribution in [0.5, 0.6) is 0 Å². The molecule has 2 nitrogen and oxygen atoms in total. The number of rotatable bonds is 4. The van der Waals surface area contributed by atoms with E-state index in [2.05, 4.69) is 0 Å². The summed E-state index contributed by atoms with van der Waals surface area (Å²) in [7, 11) is 0. The zero-order valence-corrected chi connectivity index (χ0v) is 15.3. The molecule has 24 heavy (non-hydrogen) atoms. The summed E-state index contributed by atoms with van der Waals surface area (Å²) in [6.45, 7) is 0. The summed E-state index contributed by atoms with van der Waals surface area (Å²) in [4.78, 5) is 25.8. The average molecular weight is 393 g/mol. The number of carbonyl (C=O) groups excluding carboxylic acids is 2. The highest BCUT2D eigenvalue weighted by molar-refractivity contribution is 8.27. The van der Waals surface area contributed by atoms with E-state index in [9.17, 15) is 9.59 Å². The maximum Gasteiger partial charge on any atom is 0.198 e. The van der Waals surface area contributed by atoms with Crippen molar-refractivity contribution in [1.29, 1.82) is 0 Å². The summed E-state index contributed by atoms with van der Waals surface area (Å²) in [6, 6.07) is 13.0. The van der Waals surface area contributed by atoms with E-state index in [4.69, 9.17) is 23.2 Å². The summed E-state index contributed by atoms with van der Waals surface area (Å²) in [5, 5.41) is 4.78. The Morgan fingerprint density at radius 2 is 1.04 bits per heavy atom. The second-order valence-electron chi connectivity index (χ2n) is 4.84. The van der Waals surface area contributed by atoms with Crippen LogP contribution < -0.4 is 0 Å². The van der Waals surface area contributed by atoms with E-state index in [1.54, 1.807) is 48.5 Å². The standard InChI is InChI=1S/C18H10Cl2O2S2/c19-13-5-1-11(2-6-13)16(21)15(18-23-9-10-24-18)17(22)12-3-7-14(20)8-4-12/h1-10H. The van der Waals surface area contributed by atoms with Crippen LogP contribution in [0.4, 0.5) is 0 Å². The van der Waals surface area contributed by atoms with Crippen molar-refractivity contribution in [3.05, 3.63) is 90.3 Å². The van der Waals surface area contributed by atoms with Gasteiger partial charge in [-0.05, 0) is 59.3 Å². The van der Waals surface area contributed by atoms with E-state index in [0.29, 0.717) is 25.4 Å². The summed E-state index contributed by atoms with van der Waals surface area (Å²) in [5.74, 6) is -0.629. The molecule has 0 saturated heterocycles. The maximum absolute atomic E-state index is 12.9. The first-order valence-electron chi connectivity index (χ1n) is 6.89. The van der Waals surface area contributed by atoms with E-state index in [0.717, 1.165) is 0 Å². The van der Waals surface area contributed by atoms with Crippen LogP contribution in [0.15, 0.2) is 69.2 Å². The van der Waals surface area contributed by atoms with Gasteiger partial charge in [0, 0.05) is 21.2 Å². The SMILES string of the molecule is O=C(C(C(=O)c1ccc(Cl)cc1)=C1SC=CS1)c1ccc(Cl)cc1. The normalized spacial score (nSPS) is 13.2. The van der Waals surface area contributed by atoms with Crippen LogP contribution in [0.2, 0.25) is 10.0 Å². The highest BCUT2D eigenvalue weighted by atomic mass is 35.5. The quantitative estimate of drug-likeness (QED) is 0.267. The second-order valence-corrected chi connectivity index (χ2v) is 7.81. The molecular formula is C18H10Cl2O2S2. The van der Waals surface area contributed by atoms with Crippen molar-refractivity contribution in [2.45, 2.75) is 0 Å². The number of halogens is 2. The van der Waals surface area contributed by atoms with Gasteiger partial charge in [0.1, 0.15) is 0 Å². The monoisotopic (exact) mass is 392 g/mol. The lowest BCUT2D eigenvalue weighted by Gasteiger charge is -2.09. The first kappa shape index (κ1) is 17.4. The summed E-state index contributed by atoms with van der Waals surface area (Å²) in [5.41, 5.74) is 1.02. The summed E-state index contributed by atoms with van der Waals surface area (Å²) < 4.78 is 0.676. The molecule has 0 aromatic heterocycles. The minimum absolute atomic E-state index is 0.166. The van der Waals surface area contributed by atoms with Crippen molar-refractivity contribution in [2.75, 3.05) is 0 Å². The van der Waals surface area contributed by atoms with Gasteiger partial charge >= 0.3 is 0 Å². The average Bonchev–Trinajstić information content (AvgIpc) is 3.10. The molecule has 2 aromatic carbocycles. The van der Waals surface area contributed by atoms with E-state index < -0.39 is 0 Å². The second kappa shape index (κ2) is 7.62. The summed E-state index contributed by atoms with van der Waals surface area (Å²) in [6.07, 6.45) is 0. The van der Waals surface area contributed by atoms with Crippen LogP contribution in [0.25, 0.3) is 0 Å². The molecule has 0 fully saturated rings. The fraction of sp³-hybridized carbons (Fsp3) is 0. The van der Waals surface area contributed by atoms with E-state index in [1.807, 2.05) is 10.8 Å². The van der Waals surface area contributed by atoms with Crippen molar-refractivity contribution >= 4 is 58.3 Å². The molecule has 3 rings (SSSR count). The Morgan fingerprint density at radius 1 is 0.667 bits per heavy atom. The van der Waals surface area contributed by atoms with Gasteiger partial charge in [-0.2, -0.15) is 0 Å². The van der Waals surface area contributed by atoms with Gasteiger partial charge < -0.3 is 0 Å². The molecule has 0 bridgehead atoms. The lowest BCUT2D eigenvalue weighted by atomic mass is 9.97. The van der Waals surface area contributed by atoms with Crippen LogP contribution in [0.1, 0.15) is 20.7 Å². The van der Waals surface area contributed by atoms with Crippen LogP contribution in [-0.4, -0.2) is 11.6 Å². The molecule has 0 aliphatic carbocycles. The first-order chi connectivity index (χ1) is 11.6. The van der Waals surface area contributed by atoms with Gasteiger partial charge in [0.25, 0.3) is 0 Å². The number of Topliss-reactive ketones (excluding diaryl/α,β-unsaturated/α-hetero) is 2. The number of allylic oxidation sites excluding steroid dienone is 1. The minimum atomic E-state index is -0.315.